The lowest BCUT2D eigenvalue weighted by molar-refractivity contribution is -0.0271. The van der Waals surface area contributed by atoms with E-state index in [0.29, 0.717) is 13.2 Å². The molecule has 26 heavy (non-hydrogen) atoms. The Hall–Kier alpha value is -2.04. The molecule has 0 aromatic heterocycles. The van der Waals surface area contributed by atoms with Crippen LogP contribution in [0, 0.1) is 0 Å². The van der Waals surface area contributed by atoms with Crippen molar-refractivity contribution in [3.63, 3.8) is 0 Å². The van der Waals surface area contributed by atoms with E-state index in [4.69, 9.17) is 9.47 Å². The fourth-order valence-electron chi connectivity index (χ4n) is 4.01. The highest BCUT2D eigenvalue weighted by Gasteiger charge is 2.39. The van der Waals surface area contributed by atoms with Gasteiger partial charge in [0.25, 0.3) is 0 Å². The standard InChI is InChI=1S/C22H27NO3/c24-19(17-25-20-7-2-1-3-8-20)16-23-14-12-22(13-15-23)11-10-18-6-4-5-9-21(18)26-22/h1-9,19,24H,10-17H2/t19-/m1/s1. The van der Waals surface area contributed by atoms with Crippen LogP contribution in [-0.4, -0.2) is 48.0 Å². The molecule has 0 radical (unpaired) electrons. The first-order valence-electron chi connectivity index (χ1n) is 9.58. The maximum atomic E-state index is 10.3. The van der Waals surface area contributed by atoms with E-state index in [1.54, 1.807) is 0 Å². The molecule has 2 heterocycles. The Morgan fingerprint density at radius 3 is 2.54 bits per heavy atom. The largest absolute Gasteiger partial charge is 0.491 e. The van der Waals surface area contributed by atoms with Gasteiger partial charge in [-0.05, 0) is 49.4 Å². The monoisotopic (exact) mass is 353 g/mol. The molecule has 1 fully saturated rings. The highest BCUT2D eigenvalue weighted by atomic mass is 16.5. The molecular formula is C22H27NO3. The third-order valence-corrected chi connectivity index (χ3v) is 5.57. The fourth-order valence-corrected chi connectivity index (χ4v) is 4.01. The molecular weight excluding hydrogens is 326 g/mol. The zero-order chi connectivity index (χ0) is 17.8. The Labute approximate surface area is 155 Å². The zero-order valence-corrected chi connectivity index (χ0v) is 15.1. The van der Waals surface area contributed by atoms with E-state index in [1.807, 2.05) is 30.3 Å². The lowest BCUT2D eigenvalue weighted by atomic mass is 9.83. The van der Waals surface area contributed by atoms with Gasteiger partial charge in [-0.2, -0.15) is 0 Å². The number of rotatable bonds is 5. The number of aliphatic hydroxyl groups excluding tert-OH is 1. The number of piperidine rings is 1. The van der Waals surface area contributed by atoms with E-state index in [9.17, 15) is 5.11 Å². The number of para-hydroxylation sites is 2. The summed E-state index contributed by atoms with van der Waals surface area (Å²) < 4.78 is 12.1. The topological polar surface area (TPSA) is 41.9 Å². The second-order valence-corrected chi connectivity index (χ2v) is 7.47. The third kappa shape index (κ3) is 4.02. The summed E-state index contributed by atoms with van der Waals surface area (Å²) in [6.07, 6.45) is 3.76. The van der Waals surface area contributed by atoms with Gasteiger partial charge in [-0.15, -0.1) is 0 Å². The Morgan fingerprint density at radius 2 is 1.73 bits per heavy atom. The number of hydrogen-bond donors (Lipinski definition) is 1. The van der Waals surface area contributed by atoms with Gasteiger partial charge in [-0.3, -0.25) is 0 Å². The Morgan fingerprint density at radius 1 is 1.00 bits per heavy atom. The molecule has 138 valence electrons. The Balaban J connectivity index is 1.25. The summed E-state index contributed by atoms with van der Waals surface area (Å²) in [6, 6.07) is 18.1. The SMILES string of the molecule is O[C@@H](COc1ccccc1)CN1CCC2(CCc3ccccc3O2)CC1. The highest BCUT2D eigenvalue weighted by Crippen LogP contribution is 2.39. The number of aryl methyl sites for hydroxylation is 1. The van der Waals surface area contributed by atoms with E-state index in [1.165, 1.54) is 5.56 Å². The quantitative estimate of drug-likeness (QED) is 0.896. The molecule has 0 aliphatic carbocycles. The summed E-state index contributed by atoms with van der Waals surface area (Å²) in [5.41, 5.74) is 1.31. The number of likely N-dealkylation sites (tertiary alicyclic amines) is 1. The van der Waals surface area contributed by atoms with E-state index >= 15 is 0 Å². The van der Waals surface area contributed by atoms with Crippen LogP contribution in [0.15, 0.2) is 54.6 Å². The second-order valence-electron chi connectivity index (χ2n) is 7.47. The first kappa shape index (κ1) is 17.4. The summed E-state index contributed by atoms with van der Waals surface area (Å²) >= 11 is 0. The molecule has 4 rings (SSSR count). The number of benzene rings is 2. The molecule has 0 saturated carbocycles. The van der Waals surface area contributed by atoms with Crippen molar-refractivity contribution in [1.82, 2.24) is 4.90 Å². The van der Waals surface area contributed by atoms with Crippen molar-refractivity contribution >= 4 is 0 Å². The van der Waals surface area contributed by atoms with Crippen molar-refractivity contribution in [2.45, 2.75) is 37.4 Å². The maximum Gasteiger partial charge on any atom is 0.123 e. The molecule has 4 heteroatoms. The van der Waals surface area contributed by atoms with Crippen LogP contribution in [0.1, 0.15) is 24.8 Å². The molecule has 1 saturated heterocycles. The van der Waals surface area contributed by atoms with E-state index < -0.39 is 6.10 Å². The average molecular weight is 353 g/mol. The summed E-state index contributed by atoms with van der Waals surface area (Å²) in [5, 5.41) is 10.3. The van der Waals surface area contributed by atoms with E-state index in [-0.39, 0.29) is 5.60 Å². The average Bonchev–Trinajstić information content (AvgIpc) is 2.69. The van der Waals surface area contributed by atoms with Crippen LogP contribution < -0.4 is 9.47 Å². The summed E-state index contributed by atoms with van der Waals surface area (Å²) in [7, 11) is 0. The fraction of sp³-hybridized carbons (Fsp3) is 0.455. The maximum absolute atomic E-state index is 10.3. The second kappa shape index (κ2) is 7.68. The van der Waals surface area contributed by atoms with Crippen molar-refractivity contribution in [3.8, 4) is 11.5 Å². The van der Waals surface area contributed by atoms with Crippen LogP contribution in [0.25, 0.3) is 0 Å². The van der Waals surface area contributed by atoms with Crippen LogP contribution in [0.2, 0.25) is 0 Å². The van der Waals surface area contributed by atoms with Gasteiger partial charge in [0.15, 0.2) is 0 Å². The summed E-state index contributed by atoms with van der Waals surface area (Å²) in [5.74, 6) is 1.86. The zero-order valence-electron chi connectivity index (χ0n) is 15.1. The first-order valence-corrected chi connectivity index (χ1v) is 9.58. The number of fused-ring (bicyclic) bond motifs is 1. The molecule has 1 N–H and O–H groups in total. The number of hydrogen-bond acceptors (Lipinski definition) is 4. The van der Waals surface area contributed by atoms with Crippen molar-refractivity contribution in [2.24, 2.45) is 0 Å². The first-order chi connectivity index (χ1) is 12.7. The molecule has 2 aliphatic rings. The summed E-state index contributed by atoms with van der Waals surface area (Å²) in [4.78, 5) is 2.33. The van der Waals surface area contributed by atoms with Crippen LogP contribution >= 0.6 is 0 Å². The lowest BCUT2D eigenvalue weighted by Crippen LogP contribution is -2.51. The molecule has 0 amide bonds. The van der Waals surface area contributed by atoms with E-state index in [0.717, 1.165) is 50.3 Å². The molecule has 4 nitrogen and oxygen atoms in total. The molecule has 2 aliphatic heterocycles. The van der Waals surface area contributed by atoms with Gasteiger partial charge in [0.2, 0.25) is 0 Å². The number of ether oxygens (including phenoxy) is 2. The van der Waals surface area contributed by atoms with Crippen molar-refractivity contribution < 1.29 is 14.6 Å². The Bertz CT molecular complexity index is 710. The normalized spacial score (nSPS) is 20.2. The predicted molar refractivity (Wildman–Crippen MR) is 102 cm³/mol. The van der Waals surface area contributed by atoms with Gasteiger partial charge in [0.1, 0.15) is 29.8 Å². The third-order valence-electron chi connectivity index (χ3n) is 5.57. The van der Waals surface area contributed by atoms with Gasteiger partial charge in [-0.25, -0.2) is 0 Å². The van der Waals surface area contributed by atoms with Crippen LogP contribution in [0.3, 0.4) is 0 Å². The van der Waals surface area contributed by atoms with Gasteiger partial charge >= 0.3 is 0 Å². The molecule has 0 unspecified atom stereocenters. The Kier molecular flexibility index (Phi) is 5.14. The summed E-state index contributed by atoms with van der Waals surface area (Å²) in [6.45, 7) is 2.91. The van der Waals surface area contributed by atoms with Gasteiger partial charge in [-0.1, -0.05) is 36.4 Å². The van der Waals surface area contributed by atoms with Crippen molar-refractivity contribution in [3.05, 3.63) is 60.2 Å². The van der Waals surface area contributed by atoms with Crippen molar-refractivity contribution in [1.29, 1.82) is 0 Å². The minimum absolute atomic E-state index is 0.0175. The van der Waals surface area contributed by atoms with Crippen LogP contribution in [0.5, 0.6) is 11.5 Å². The van der Waals surface area contributed by atoms with Gasteiger partial charge in [0.05, 0.1) is 0 Å². The molecule has 0 bridgehead atoms. The van der Waals surface area contributed by atoms with Crippen molar-refractivity contribution in [2.75, 3.05) is 26.2 Å². The smallest absolute Gasteiger partial charge is 0.123 e. The van der Waals surface area contributed by atoms with Gasteiger partial charge in [0, 0.05) is 19.6 Å². The number of aliphatic hydroxyl groups is 1. The molecule has 2 aromatic rings. The molecule has 1 spiro atoms. The predicted octanol–water partition coefficient (Wildman–Crippen LogP) is 3.29. The number of β-amino-alcohol motifs (C(OH)–C–C–N with tert-alkyl or cyclic N) is 1. The lowest BCUT2D eigenvalue weighted by Gasteiger charge is -2.45. The molecule has 2 aromatic carbocycles. The minimum Gasteiger partial charge on any atom is -0.491 e. The van der Waals surface area contributed by atoms with Gasteiger partial charge < -0.3 is 19.5 Å². The van der Waals surface area contributed by atoms with Crippen LogP contribution in [0.4, 0.5) is 0 Å². The minimum atomic E-state index is -0.475. The van der Waals surface area contributed by atoms with Crippen LogP contribution in [-0.2, 0) is 6.42 Å². The highest BCUT2D eigenvalue weighted by molar-refractivity contribution is 5.36. The number of nitrogens with zero attached hydrogens (tertiary/aromatic N) is 1. The molecule has 1 atom stereocenters. The van der Waals surface area contributed by atoms with E-state index in [2.05, 4.69) is 29.2 Å².